The van der Waals surface area contributed by atoms with Gasteiger partial charge in [-0.15, -0.1) is 0 Å². The van der Waals surface area contributed by atoms with Gasteiger partial charge in [-0.25, -0.2) is 4.79 Å². The maximum atomic E-state index is 13.8. The number of halogens is 2. The van der Waals surface area contributed by atoms with Crippen LogP contribution >= 0.6 is 23.2 Å². The Bertz CT molecular complexity index is 1690. The Balaban J connectivity index is 1.20. The second-order valence-corrected chi connectivity index (χ2v) is 11.4. The van der Waals surface area contributed by atoms with Crippen LogP contribution in [0.1, 0.15) is 24.0 Å². The number of benzene rings is 4. The fourth-order valence-electron chi connectivity index (χ4n) is 5.52. The highest BCUT2D eigenvalue weighted by atomic mass is 35.5. The zero-order valence-corrected chi connectivity index (χ0v) is 24.7. The smallest absolute Gasteiger partial charge is 0.326 e. The largest absolute Gasteiger partial charge is 0.458 e. The number of carbonyl (C=O) groups is 1. The predicted octanol–water partition coefficient (Wildman–Crippen LogP) is 8.48. The Kier molecular flexibility index (Phi) is 8.52. The van der Waals surface area contributed by atoms with Crippen LogP contribution < -0.4 is 19.7 Å². The molecule has 1 fully saturated rings. The van der Waals surface area contributed by atoms with Gasteiger partial charge in [-0.2, -0.15) is 5.26 Å². The van der Waals surface area contributed by atoms with E-state index in [0.717, 1.165) is 54.9 Å². The topological polar surface area (TPSA) is 77.8 Å². The van der Waals surface area contributed by atoms with Crippen molar-refractivity contribution in [2.24, 2.45) is 0 Å². The first-order chi connectivity index (χ1) is 20.9. The molecule has 0 radical (unpaired) electrons. The number of urea groups is 1. The molecule has 7 nitrogen and oxygen atoms in total. The molecule has 4 aromatic rings. The molecule has 216 valence electrons. The Morgan fingerprint density at radius 2 is 1.60 bits per heavy atom. The number of nitriles is 1. The molecule has 0 bridgehead atoms. The van der Waals surface area contributed by atoms with E-state index >= 15 is 0 Å². The average Bonchev–Trinajstić information content (AvgIpc) is 3.02. The predicted molar refractivity (Wildman–Crippen MR) is 170 cm³/mol. The normalized spacial score (nSPS) is 14.6. The minimum atomic E-state index is -0.254. The highest BCUT2D eigenvalue weighted by Gasteiger charge is 2.30. The summed E-state index contributed by atoms with van der Waals surface area (Å²) < 4.78 is 11.1. The van der Waals surface area contributed by atoms with E-state index in [1.807, 2.05) is 59.5 Å². The van der Waals surface area contributed by atoms with E-state index in [1.165, 1.54) is 12.5 Å². The van der Waals surface area contributed by atoms with Crippen molar-refractivity contribution in [2.75, 3.05) is 23.3 Å². The summed E-state index contributed by atoms with van der Waals surface area (Å²) in [5.74, 6) is 1.41. The van der Waals surface area contributed by atoms with Crippen LogP contribution in [0.25, 0.3) is 11.1 Å². The second-order valence-electron chi connectivity index (χ2n) is 10.5. The molecule has 0 aliphatic carbocycles. The molecule has 0 unspecified atom stereocenters. The van der Waals surface area contributed by atoms with Crippen LogP contribution in [0, 0.1) is 11.3 Å². The summed E-state index contributed by atoms with van der Waals surface area (Å²) in [4.78, 5) is 18.0. The summed E-state index contributed by atoms with van der Waals surface area (Å²) in [6.07, 6.45) is 4.64. The molecule has 1 N–H and O–H groups in total. The number of anilines is 2. The van der Waals surface area contributed by atoms with Crippen LogP contribution in [0.4, 0.5) is 16.2 Å². The second kappa shape index (κ2) is 12.8. The summed E-state index contributed by atoms with van der Waals surface area (Å²) in [5, 5.41) is 13.2. The third kappa shape index (κ3) is 6.79. The number of carbonyl (C=O) groups excluding carboxylic acids is 1. The van der Waals surface area contributed by atoms with Crippen molar-refractivity contribution in [2.45, 2.75) is 25.4 Å². The molecule has 0 saturated carbocycles. The van der Waals surface area contributed by atoms with Gasteiger partial charge >= 0.3 is 6.03 Å². The molecule has 0 spiro atoms. The number of ether oxygens (including phenoxy) is 2. The minimum absolute atomic E-state index is 0.0240. The molecule has 43 heavy (non-hydrogen) atoms. The molecule has 0 atom stereocenters. The third-order valence-corrected chi connectivity index (χ3v) is 8.02. The fourth-order valence-corrected chi connectivity index (χ4v) is 6.05. The molecular weight excluding hydrogens is 583 g/mol. The first-order valence-corrected chi connectivity index (χ1v) is 14.7. The van der Waals surface area contributed by atoms with E-state index in [-0.39, 0.29) is 12.1 Å². The number of piperidine rings is 1. The molecule has 9 heteroatoms. The van der Waals surface area contributed by atoms with Crippen molar-refractivity contribution in [3.8, 4) is 28.7 Å². The van der Waals surface area contributed by atoms with E-state index < -0.39 is 0 Å². The van der Waals surface area contributed by atoms with Crippen LogP contribution in [-0.2, 0) is 6.54 Å². The number of likely N-dealkylation sites (tertiary alicyclic amines) is 1. The van der Waals surface area contributed by atoms with E-state index in [4.69, 9.17) is 32.7 Å². The van der Waals surface area contributed by atoms with Gasteiger partial charge in [0, 0.05) is 47.1 Å². The molecule has 2 heterocycles. The fraction of sp³-hybridized carbons (Fsp3) is 0.176. The standard InChI is InChI=1S/C34H28Cl2N4O3/c35-27-18-28(36)20-29(19-27)38-34(41)40(30-7-5-25(6-8-30)26-3-1-2-23(16-26)21-37)31-10-12-39(13-11-31)22-24-4-9-32-33(17-24)43-15-14-42-32/h1-9,14-20,31H,10-13,22H2,(H,38,41). The number of hydrogen-bond acceptors (Lipinski definition) is 5. The summed E-state index contributed by atoms with van der Waals surface area (Å²) in [7, 11) is 0. The number of nitrogens with one attached hydrogen (secondary N) is 1. The lowest BCUT2D eigenvalue weighted by atomic mass is 10.00. The van der Waals surface area contributed by atoms with Crippen molar-refractivity contribution in [3.05, 3.63) is 119 Å². The van der Waals surface area contributed by atoms with Crippen LogP contribution in [0.5, 0.6) is 11.5 Å². The number of nitrogens with zero attached hydrogens (tertiary/aromatic N) is 3. The Morgan fingerprint density at radius 3 is 2.33 bits per heavy atom. The molecule has 2 amide bonds. The van der Waals surface area contributed by atoms with E-state index in [2.05, 4.69) is 22.4 Å². The van der Waals surface area contributed by atoms with Gasteiger partial charge in [-0.3, -0.25) is 9.80 Å². The first-order valence-electron chi connectivity index (χ1n) is 14.0. The van der Waals surface area contributed by atoms with Gasteiger partial charge in [0.15, 0.2) is 11.5 Å². The number of fused-ring (bicyclic) bond motifs is 1. The maximum absolute atomic E-state index is 13.8. The molecule has 1 saturated heterocycles. The highest BCUT2D eigenvalue weighted by molar-refractivity contribution is 6.35. The van der Waals surface area contributed by atoms with Crippen molar-refractivity contribution < 1.29 is 14.3 Å². The highest BCUT2D eigenvalue weighted by Crippen LogP contribution is 2.33. The molecule has 0 aromatic heterocycles. The van der Waals surface area contributed by atoms with E-state index in [9.17, 15) is 10.1 Å². The number of rotatable bonds is 6. The SMILES string of the molecule is N#Cc1cccc(-c2ccc(N(C(=O)Nc3cc(Cl)cc(Cl)c3)C3CCN(Cc4ccc5c(c4)OC=CO5)CC3)cc2)c1. The Hall–Kier alpha value is -4.48. The minimum Gasteiger partial charge on any atom is -0.458 e. The zero-order valence-electron chi connectivity index (χ0n) is 23.2. The van der Waals surface area contributed by atoms with Crippen molar-refractivity contribution >= 4 is 40.6 Å². The lowest BCUT2D eigenvalue weighted by Crippen LogP contribution is -2.49. The van der Waals surface area contributed by atoms with Crippen molar-refractivity contribution in [1.82, 2.24) is 4.90 Å². The van der Waals surface area contributed by atoms with Gasteiger partial charge in [0.05, 0.1) is 11.6 Å². The quantitative estimate of drug-likeness (QED) is 0.237. The number of hydrogen-bond donors (Lipinski definition) is 1. The summed E-state index contributed by atoms with van der Waals surface area (Å²) >= 11 is 12.4. The zero-order chi connectivity index (χ0) is 29.8. The van der Waals surface area contributed by atoms with Crippen LogP contribution in [0.2, 0.25) is 10.0 Å². The third-order valence-electron chi connectivity index (χ3n) is 7.59. The molecule has 6 rings (SSSR count). The molecule has 2 aliphatic rings. The van der Waals surface area contributed by atoms with Crippen LogP contribution in [0.3, 0.4) is 0 Å². The Labute approximate surface area is 260 Å². The maximum Gasteiger partial charge on any atom is 0.326 e. The first kappa shape index (κ1) is 28.6. The van der Waals surface area contributed by atoms with E-state index in [0.29, 0.717) is 32.8 Å². The average molecular weight is 612 g/mol. The van der Waals surface area contributed by atoms with Gasteiger partial charge in [-0.05, 0) is 84.1 Å². The molecule has 2 aliphatic heterocycles. The van der Waals surface area contributed by atoms with Crippen molar-refractivity contribution in [1.29, 1.82) is 5.26 Å². The van der Waals surface area contributed by atoms with Crippen LogP contribution in [-0.4, -0.2) is 30.1 Å². The van der Waals surface area contributed by atoms with Gasteiger partial charge in [0.25, 0.3) is 0 Å². The van der Waals surface area contributed by atoms with Gasteiger partial charge in [-0.1, -0.05) is 53.5 Å². The lowest BCUT2D eigenvalue weighted by Gasteiger charge is -2.38. The van der Waals surface area contributed by atoms with Gasteiger partial charge in [0.2, 0.25) is 0 Å². The van der Waals surface area contributed by atoms with Crippen molar-refractivity contribution in [3.63, 3.8) is 0 Å². The summed E-state index contributed by atoms with van der Waals surface area (Å²) in [6.45, 7) is 2.42. The lowest BCUT2D eigenvalue weighted by molar-refractivity contribution is 0.199. The Morgan fingerprint density at radius 1 is 0.884 bits per heavy atom. The summed E-state index contributed by atoms with van der Waals surface area (Å²) in [5.41, 5.74) is 4.96. The molecule has 4 aromatic carbocycles. The summed E-state index contributed by atoms with van der Waals surface area (Å²) in [6, 6.07) is 28.2. The van der Waals surface area contributed by atoms with Crippen LogP contribution in [0.15, 0.2) is 97.5 Å². The van der Waals surface area contributed by atoms with Gasteiger partial charge < -0.3 is 14.8 Å². The van der Waals surface area contributed by atoms with E-state index in [1.54, 1.807) is 24.3 Å². The molecular formula is C34H28Cl2N4O3. The van der Waals surface area contributed by atoms with Gasteiger partial charge in [0.1, 0.15) is 12.5 Å². The monoisotopic (exact) mass is 610 g/mol. The number of amides is 2.